The standard InChI is InChI=1S/C17H21N3O/c1-12-7-5-6-10-14(12)21-16-11-15(18)19-17(20-16)13-8-3-2-4-9-13/h2-4,8-9,11-12,14H,5-7,10H2,1H3,(H2,18,19,20). The van der Waals surface area contributed by atoms with Crippen molar-refractivity contribution in [3.63, 3.8) is 0 Å². The van der Waals surface area contributed by atoms with E-state index in [1.807, 2.05) is 30.3 Å². The van der Waals surface area contributed by atoms with Gasteiger partial charge in [0.15, 0.2) is 5.82 Å². The maximum Gasteiger partial charge on any atom is 0.219 e. The first-order valence-electron chi connectivity index (χ1n) is 7.59. The van der Waals surface area contributed by atoms with Crippen molar-refractivity contribution < 1.29 is 4.74 Å². The number of hydrogen-bond donors (Lipinski definition) is 1. The number of nitrogen functional groups attached to an aromatic ring is 1. The van der Waals surface area contributed by atoms with Gasteiger partial charge >= 0.3 is 0 Å². The molecule has 110 valence electrons. The van der Waals surface area contributed by atoms with Gasteiger partial charge in [0.05, 0.1) is 0 Å². The molecule has 0 amide bonds. The summed E-state index contributed by atoms with van der Waals surface area (Å²) < 4.78 is 6.08. The second-order valence-corrected chi connectivity index (χ2v) is 5.74. The smallest absolute Gasteiger partial charge is 0.219 e. The maximum absolute atomic E-state index is 6.08. The van der Waals surface area contributed by atoms with Crippen LogP contribution in [0.2, 0.25) is 0 Å². The van der Waals surface area contributed by atoms with Crippen LogP contribution >= 0.6 is 0 Å². The Morgan fingerprint density at radius 2 is 1.86 bits per heavy atom. The molecule has 1 aromatic carbocycles. The lowest BCUT2D eigenvalue weighted by atomic mass is 9.88. The second kappa shape index (κ2) is 6.12. The monoisotopic (exact) mass is 283 g/mol. The van der Waals surface area contributed by atoms with Gasteiger partial charge in [-0.25, -0.2) is 4.98 Å². The average Bonchev–Trinajstić information content (AvgIpc) is 2.50. The van der Waals surface area contributed by atoms with E-state index in [1.165, 1.54) is 19.3 Å². The quantitative estimate of drug-likeness (QED) is 0.933. The van der Waals surface area contributed by atoms with Crippen molar-refractivity contribution in [1.82, 2.24) is 9.97 Å². The van der Waals surface area contributed by atoms with Crippen molar-refractivity contribution in [2.24, 2.45) is 5.92 Å². The van der Waals surface area contributed by atoms with Gasteiger partial charge in [0.25, 0.3) is 0 Å². The Kier molecular flexibility index (Phi) is 4.04. The molecule has 1 aliphatic rings. The highest BCUT2D eigenvalue weighted by molar-refractivity contribution is 5.57. The summed E-state index contributed by atoms with van der Waals surface area (Å²) in [5.41, 5.74) is 6.86. The van der Waals surface area contributed by atoms with Gasteiger partial charge in [0.1, 0.15) is 11.9 Å². The number of hydrogen-bond acceptors (Lipinski definition) is 4. The summed E-state index contributed by atoms with van der Waals surface area (Å²) in [4.78, 5) is 8.82. The van der Waals surface area contributed by atoms with Gasteiger partial charge in [-0.15, -0.1) is 0 Å². The van der Waals surface area contributed by atoms with Crippen molar-refractivity contribution in [2.75, 3.05) is 5.73 Å². The summed E-state index contributed by atoms with van der Waals surface area (Å²) in [6, 6.07) is 11.6. The molecule has 2 unspecified atom stereocenters. The fourth-order valence-electron chi connectivity index (χ4n) is 2.83. The zero-order valence-corrected chi connectivity index (χ0v) is 12.3. The predicted octanol–water partition coefficient (Wildman–Crippen LogP) is 3.68. The Morgan fingerprint density at radius 3 is 2.62 bits per heavy atom. The summed E-state index contributed by atoms with van der Waals surface area (Å²) >= 11 is 0. The molecule has 2 atom stereocenters. The van der Waals surface area contributed by atoms with E-state index in [-0.39, 0.29) is 6.10 Å². The third-order valence-corrected chi connectivity index (χ3v) is 4.06. The number of benzene rings is 1. The molecule has 4 nitrogen and oxygen atoms in total. The fraction of sp³-hybridized carbons (Fsp3) is 0.412. The van der Waals surface area contributed by atoms with Gasteiger partial charge in [-0.1, -0.05) is 43.7 Å². The summed E-state index contributed by atoms with van der Waals surface area (Å²) in [7, 11) is 0. The Bertz CT molecular complexity index is 600. The first-order chi connectivity index (χ1) is 10.2. The lowest BCUT2D eigenvalue weighted by Gasteiger charge is -2.28. The van der Waals surface area contributed by atoms with E-state index in [1.54, 1.807) is 6.07 Å². The average molecular weight is 283 g/mol. The molecule has 1 saturated carbocycles. The van der Waals surface area contributed by atoms with E-state index >= 15 is 0 Å². The number of aromatic nitrogens is 2. The molecule has 1 heterocycles. The van der Waals surface area contributed by atoms with Crippen molar-refractivity contribution in [3.8, 4) is 17.3 Å². The first kappa shape index (κ1) is 13.9. The van der Waals surface area contributed by atoms with Crippen LogP contribution in [0.25, 0.3) is 11.4 Å². The fourth-order valence-corrected chi connectivity index (χ4v) is 2.83. The SMILES string of the molecule is CC1CCCCC1Oc1cc(N)nc(-c2ccccc2)n1. The Balaban J connectivity index is 1.84. The topological polar surface area (TPSA) is 61.0 Å². The third-order valence-electron chi connectivity index (χ3n) is 4.06. The predicted molar refractivity (Wildman–Crippen MR) is 83.9 cm³/mol. The third kappa shape index (κ3) is 3.32. The lowest BCUT2D eigenvalue weighted by molar-refractivity contribution is 0.0977. The minimum Gasteiger partial charge on any atom is -0.474 e. The summed E-state index contributed by atoms with van der Waals surface area (Å²) in [6.07, 6.45) is 5.06. The largest absolute Gasteiger partial charge is 0.474 e. The van der Waals surface area contributed by atoms with Crippen LogP contribution in [-0.4, -0.2) is 16.1 Å². The first-order valence-corrected chi connectivity index (χ1v) is 7.59. The second-order valence-electron chi connectivity index (χ2n) is 5.74. The molecule has 3 rings (SSSR count). The summed E-state index contributed by atoms with van der Waals surface area (Å²) in [5.74, 6) is 2.21. The van der Waals surface area contributed by atoms with E-state index in [2.05, 4.69) is 16.9 Å². The zero-order valence-electron chi connectivity index (χ0n) is 12.3. The molecule has 1 aromatic heterocycles. The molecule has 2 N–H and O–H groups in total. The molecule has 0 bridgehead atoms. The van der Waals surface area contributed by atoms with E-state index in [0.717, 1.165) is 12.0 Å². The molecule has 0 aliphatic heterocycles. The van der Waals surface area contributed by atoms with Crippen molar-refractivity contribution in [2.45, 2.75) is 38.7 Å². The normalized spacial score (nSPS) is 22.0. The van der Waals surface area contributed by atoms with Crippen LogP contribution in [0.5, 0.6) is 5.88 Å². The van der Waals surface area contributed by atoms with Crippen molar-refractivity contribution in [1.29, 1.82) is 0 Å². The van der Waals surface area contributed by atoms with Crippen LogP contribution in [0, 0.1) is 5.92 Å². The Labute approximate surface area is 125 Å². The van der Waals surface area contributed by atoms with E-state index < -0.39 is 0 Å². The number of rotatable bonds is 3. The lowest BCUT2D eigenvalue weighted by Crippen LogP contribution is -2.28. The van der Waals surface area contributed by atoms with Crippen molar-refractivity contribution in [3.05, 3.63) is 36.4 Å². The molecule has 1 aliphatic carbocycles. The van der Waals surface area contributed by atoms with Crippen LogP contribution in [0.3, 0.4) is 0 Å². The number of ether oxygens (including phenoxy) is 1. The van der Waals surface area contributed by atoms with E-state index in [4.69, 9.17) is 10.5 Å². The molecule has 4 heteroatoms. The van der Waals surface area contributed by atoms with Gasteiger partial charge in [0.2, 0.25) is 5.88 Å². The number of anilines is 1. The van der Waals surface area contributed by atoms with E-state index in [9.17, 15) is 0 Å². The molecular formula is C17H21N3O. The van der Waals surface area contributed by atoms with Gasteiger partial charge in [-0.2, -0.15) is 4.98 Å². The van der Waals surface area contributed by atoms with Crippen LogP contribution < -0.4 is 10.5 Å². The summed E-state index contributed by atoms with van der Waals surface area (Å²) in [5, 5.41) is 0. The molecule has 2 aromatic rings. The number of nitrogens with zero attached hydrogens (tertiary/aromatic N) is 2. The summed E-state index contributed by atoms with van der Waals surface area (Å²) in [6.45, 7) is 2.24. The van der Waals surface area contributed by atoms with Crippen LogP contribution in [0.15, 0.2) is 36.4 Å². The minimum absolute atomic E-state index is 0.233. The Morgan fingerprint density at radius 1 is 1.10 bits per heavy atom. The van der Waals surface area contributed by atoms with Gasteiger partial charge in [-0.05, 0) is 25.2 Å². The van der Waals surface area contributed by atoms with Crippen LogP contribution in [0.1, 0.15) is 32.6 Å². The zero-order chi connectivity index (χ0) is 14.7. The van der Waals surface area contributed by atoms with Gasteiger partial charge in [-0.3, -0.25) is 0 Å². The van der Waals surface area contributed by atoms with Gasteiger partial charge < -0.3 is 10.5 Å². The highest BCUT2D eigenvalue weighted by Gasteiger charge is 2.23. The number of nitrogens with two attached hydrogens (primary N) is 1. The van der Waals surface area contributed by atoms with Crippen LogP contribution in [-0.2, 0) is 0 Å². The molecule has 0 radical (unpaired) electrons. The molecule has 1 fully saturated rings. The molecular weight excluding hydrogens is 262 g/mol. The van der Waals surface area contributed by atoms with Gasteiger partial charge in [0, 0.05) is 11.6 Å². The van der Waals surface area contributed by atoms with Crippen molar-refractivity contribution >= 4 is 5.82 Å². The molecule has 21 heavy (non-hydrogen) atoms. The highest BCUT2D eigenvalue weighted by Crippen LogP contribution is 2.28. The maximum atomic E-state index is 6.08. The van der Waals surface area contributed by atoms with E-state index in [0.29, 0.717) is 23.4 Å². The Hall–Kier alpha value is -2.10. The highest BCUT2D eigenvalue weighted by atomic mass is 16.5. The minimum atomic E-state index is 0.233. The molecule has 0 saturated heterocycles. The van der Waals surface area contributed by atoms with Crippen LogP contribution in [0.4, 0.5) is 5.82 Å². The molecule has 0 spiro atoms.